The van der Waals surface area contributed by atoms with Crippen LogP contribution in [0, 0.1) is 0 Å². The number of hydrogen-bond donors (Lipinski definition) is 1. The van der Waals surface area contributed by atoms with E-state index >= 15 is 0 Å². The van der Waals surface area contributed by atoms with E-state index in [4.69, 9.17) is 24.7 Å². The molecule has 0 aliphatic rings. The molecule has 2 aromatic carbocycles. The Bertz CT molecular complexity index is 912. The molecule has 0 spiro atoms. The third-order valence-corrected chi connectivity index (χ3v) is 5.19. The molecule has 35 heavy (non-hydrogen) atoms. The number of benzene rings is 2. The quantitative estimate of drug-likeness (QED) is 0.352. The standard InChI is InChI=1S/C17H22N2O2.C11H14O3/c1-20-17(13-21-12-14-7-3-2-4-8-14)16(18)11-15-9-5-6-10-19-15;1-13-11(7-12)9-14-8-10-5-3-2-4-6-10/h2-10,16-17H,11-13,18H2,1H3;2-7,11H,8-9H2,1H3/t16-,17-;/m1./s1. The first-order chi connectivity index (χ1) is 17.2. The lowest BCUT2D eigenvalue weighted by molar-refractivity contribution is -0.120. The number of pyridine rings is 1. The zero-order valence-electron chi connectivity index (χ0n) is 20.5. The number of carbonyl (C=O) groups is 1. The summed E-state index contributed by atoms with van der Waals surface area (Å²) in [5.74, 6) is 0. The highest BCUT2D eigenvalue weighted by atomic mass is 16.5. The van der Waals surface area contributed by atoms with Crippen LogP contribution in [0.15, 0.2) is 85.1 Å². The van der Waals surface area contributed by atoms with Crippen LogP contribution >= 0.6 is 0 Å². The predicted molar refractivity (Wildman–Crippen MR) is 136 cm³/mol. The Hall–Kier alpha value is -2.94. The van der Waals surface area contributed by atoms with Crippen molar-refractivity contribution in [3.8, 4) is 0 Å². The van der Waals surface area contributed by atoms with E-state index in [1.807, 2.05) is 78.9 Å². The van der Waals surface area contributed by atoms with Crippen LogP contribution in [0.25, 0.3) is 0 Å². The first-order valence-electron chi connectivity index (χ1n) is 11.6. The van der Waals surface area contributed by atoms with E-state index in [9.17, 15) is 4.79 Å². The largest absolute Gasteiger partial charge is 0.377 e. The minimum absolute atomic E-state index is 0.138. The maximum atomic E-state index is 10.4. The fraction of sp³-hybridized carbons (Fsp3) is 0.357. The van der Waals surface area contributed by atoms with Gasteiger partial charge in [0.25, 0.3) is 0 Å². The minimum atomic E-state index is -0.460. The molecule has 0 saturated carbocycles. The molecule has 0 aliphatic heterocycles. The van der Waals surface area contributed by atoms with E-state index in [0.29, 0.717) is 32.8 Å². The highest BCUT2D eigenvalue weighted by Gasteiger charge is 2.18. The Morgan fingerprint density at radius 1 is 0.800 bits per heavy atom. The summed E-state index contributed by atoms with van der Waals surface area (Å²) in [7, 11) is 3.15. The molecule has 0 aliphatic carbocycles. The number of methoxy groups -OCH3 is 2. The van der Waals surface area contributed by atoms with E-state index in [-0.39, 0.29) is 12.1 Å². The third-order valence-electron chi connectivity index (χ3n) is 5.19. The van der Waals surface area contributed by atoms with Crippen molar-refractivity contribution in [2.24, 2.45) is 5.73 Å². The first kappa shape index (κ1) is 28.3. The molecular weight excluding hydrogens is 444 g/mol. The summed E-state index contributed by atoms with van der Waals surface area (Å²) in [4.78, 5) is 14.7. The zero-order chi connectivity index (χ0) is 25.1. The van der Waals surface area contributed by atoms with Gasteiger partial charge >= 0.3 is 0 Å². The number of nitrogens with zero attached hydrogens (tertiary/aromatic N) is 1. The van der Waals surface area contributed by atoms with Crippen molar-refractivity contribution in [1.82, 2.24) is 4.98 Å². The molecule has 0 fully saturated rings. The van der Waals surface area contributed by atoms with E-state index in [0.717, 1.165) is 23.1 Å². The summed E-state index contributed by atoms with van der Waals surface area (Å²) >= 11 is 0. The molecule has 0 bridgehead atoms. The summed E-state index contributed by atoms with van der Waals surface area (Å²) in [5.41, 5.74) is 9.40. The number of ether oxygens (including phenoxy) is 4. The van der Waals surface area contributed by atoms with Gasteiger partial charge in [-0.25, -0.2) is 0 Å². The van der Waals surface area contributed by atoms with Crippen molar-refractivity contribution in [3.05, 3.63) is 102 Å². The molecule has 0 radical (unpaired) electrons. The van der Waals surface area contributed by atoms with E-state index in [1.165, 1.54) is 7.11 Å². The Labute approximate surface area is 208 Å². The lowest BCUT2D eigenvalue weighted by atomic mass is 10.1. The van der Waals surface area contributed by atoms with Crippen molar-refractivity contribution >= 4 is 6.29 Å². The average Bonchev–Trinajstić information content (AvgIpc) is 2.91. The molecule has 2 N–H and O–H groups in total. The number of aldehydes is 1. The third kappa shape index (κ3) is 11.8. The number of nitrogens with two attached hydrogens (primary N) is 1. The van der Waals surface area contributed by atoms with Gasteiger partial charge in [0.2, 0.25) is 0 Å². The van der Waals surface area contributed by atoms with Gasteiger partial charge in [-0.1, -0.05) is 66.7 Å². The van der Waals surface area contributed by atoms with Crippen molar-refractivity contribution in [3.63, 3.8) is 0 Å². The van der Waals surface area contributed by atoms with Gasteiger partial charge in [-0.05, 0) is 23.3 Å². The van der Waals surface area contributed by atoms with Crippen LogP contribution in [0.1, 0.15) is 16.8 Å². The summed E-state index contributed by atoms with van der Waals surface area (Å²) in [6.07, 6.45) is 2.59. The number of aromatic nitrogens is 1. The fourth-order valence-electron chi connectivity index (χ4n) is 3.16. The fourth-order valence-corrected chi connectivity index (χ4v) is 3.16. The molecule has 0 saturated heterocycles. The summed E-state index contributed by atoms with van der Waals surface area (Å²) in [5, 5.41) is 0. The van der Waals surface area contributed by atoms with E-state index in [1.54, 1.807) is 13.3 Å². The predicted octanol–water partition coefficient (Wildman–Crippen LogP) is 3.60. The van der Waals surface area contributed by atoms with Crippen LogP contribution in [-0.2, 0) is 43.4 Å². The SMILES string of the molecule is COC(C=O)COCc1ccccc1.CO[C@H](COCc1ccccc1)[C@H](N)Cc1ccccn1. The van der Waals surface area contributed by atoms with Gasteiger partial charge in [0.15, 0.2) is 6.29 Å². The van der Waals surface area contributed by atoms with Gasteiger partial charge in [0.05, 0.1) is 32.5 Å². The second-order valence-corrected chi connectivity index (χ2v) is 7.87. The molecule has 1 heterocycles. The summed E-state index contributed by atoms with van der Waals surface area (Å²) in [6.45, 7) is 1.85. The Kier molecular flexibility index (Phi) is 14.1. The van der Waals surface area contributed by atoms with Gasteiger partial charge < -0.3 is 29.5 Å². The molecule has 3 aromatic rings. The van der Waals surface area contributed by atoms with Gasteiger partial charge in [-0.3, -0.25) is 4.98 Å². The minimum Gasteiger partial charge on any atom is -0.377 e. The molecule has 188 valence electrons. The second-order valence-electron chi connectivity index (χ2n) is 7.87. The summed E-state index contributed by atoms with van der Waals surface area (Å²) < 4.78 is 21.3. The van der Waals surface area contributed by atoms with Crippen molar-refractivity contribution in [2.75, 3.05) is 27.4 Å². The van der Waals surface area contributed by atoms with Crippen LogP contribution in [0.4, 0.5) is 0 Å². The lowest BCUT2D eigenvalue weighted by Gasteiger charge is -2.22. The average molecular weight is 481 g/mol. The highest BCUT2D eigenvalue weighted by molar-refractivity contribution is 5.56. The van der Waals surface area contributed by atoms with E-state index in [2.05, 4.69) is 4.98 Å². The van der Waals surface area contributed by atoms with Crippen molar-refractivity contribution in [1.29, 1.82) is 0 Å². The number of rotatable bonds is 14. The van der Waals surface area contributed by atoms with Crippen molar-refractivity contribution in [2.45, 2.75) is 37.9 Å². The lowest BCUT2D eigenvalue weighted by Crippen LogP contribution is -2.41. The normalized spacial score (nSPS) is 13.2. The highest BCUT2D eigenvalue weighted by Crippen LogP contribution is 2.07. The first-order valence-corrected chi connectivity index (χ1v) is 11.6. The maximum absolute atomic E-state index is 10.4. The van der Waals surface area contributed by atoms with Gasteiger partial charge in [0, 0.05) is 38.6 Å². The Morgan fingerprint density at radius 3 is 1.86 bits per heavy atom. The van der Waals surface area contributed by atoms with Gasteiger partial charge in [0.1, 0.15) is 6.10 Å². The van der Waals surface area contributed by atoms with Crippen LogP contribution in [0.5, 0.6) is 0 Å². The monoisotopic (exact) mass is 480 g/mol. The van der Waals surface area contributed by atoms with Crippen LogP contribution in [-0.4, -0.2) is 57.0 Å². The topological polar surface area (TPSA) is 92.9 Å². The maximum Gasteiger partial charge on any atom is 0.151 e. The molecule has 1 unspecified atom stereocenters. The second kappa shape index (κ2) is 17.5. The molecule has 0 amide bonds. The van der Waals surface area contributed by atoms with Crippen LogP contribution in [0.2, 0.25) is 0 Å². The zero-order valence-corrected chi connectivity index (χ0v) is 20.5. The molecule has 3 atom stereocenters. The Morgan fingerprint density at radius 2 is 1.37 bits per heavy atom. The number of hydrogen-bond acceptors (Lipinski definition) is 7. The van der Waals surface area contributed by atoms with Crippen LogP contribution < -0.4 is 5.73 Å². The van der Waals surface area contributed by atoms with Crippen molar-refractivity contribution < 1.29 is 23.7 Å². The smallest absolute Gasteiger partial charge is 0.151 e. The molecule has 7 heteroatoms. The van der Waals surface area contributed by atoms with E-state index < -0.39 is 6.10 Å². The Balaban J connectivity index is 0.000000269. The molecule has 3 rings (SSSR count). The van der Waals surface area contributed by atoms with Gasteiger partial charge in [-0.2, -0.15) is 0 Å². The molecular formula is C28H36N2O5. The molecule has 1 aromatic heterocycles. The number of carbonyl (C=O) groups excluding carboxylic acids is 1. The molecule has 7 nitrogen and oxygen atoms in total. The summed E-state index contributed by atoms with van der Waals surface area (Å²) in [6, 6.07) is 25.6. The van der Waals surface area contributed by atoms with Crippen LogP contribution in [0.3, 0.4) is 0 Å². The van der Waals surface area contributed by atoms with Gasteiger partial charge in [-0.15, -0.1) is 0 Å².